The Kier molecular flexibility index (Phi) is 5.14. The van der Waals surface area contributed by atoms with E-state index in [2.05, 4.69) is 10.2 Å². The molecule has 1 aliphatic carbocycles. The Labute approximate surface area is 147 Å². The van der Waals surface area contributed by atoms with E-state index in [1.807, 2.05) is 6.92 Å². The molecule has 8 heteroatoms. The SMILES string of the molecule is CCOC(=O)C1CC(Sc2nnc(-c3ccc(Cl)cc3Cl)o2)C1. The normalized spacial score (nSPS) is 20.1. The van der Waals surface area contributed by atoms with E-state index in [0.717, 1.165) is 12.8 Å². The van der Waals surface area contributed by atoms with Crippen molar-refractivity contribution in [2.24, 2.45) is 5.92 Å². The summed E-state index contributed by atoms with van der Waals surface area (Å²) in [6, 6.07) is 5.09. The average molecular weight is 373 g/mol. The quantitative estimate of drug-likeness (QED) is 0.720. The van der Waals surface area contributed by atoms with E-state index in [1.165, 1.54) is 11.8 Å². The van der Waals surface area contributed by atoms with Gasteiger partial charge < -0.3 is 9.15 Å². The van der Waals surface area contributed by atoms with E-state index in [9.17, 15) is 4.79 Å². The molecule has 0 spiro atoms. The lowest BCUT2D eigenvalue weighted by Gasteiger charge is -2.31. The standard InChI is InChI=1S/C15H14Cl2N2O3S/c1-2-21-14(20)8-5-10(6-8)23-15-19-18-13(22-15)11-4-3-9(16)7-12(11)17/h3-4,7-8,10H,2,5-6H2,1H3. The van der Waals surface area contributed by atoms with Gasteiger partial charge in [0.05, 0.1) is 23.1 Å². The summed E-state index contributed by atoms with van der Waals surface area (Å²) in [4.78, 5) is 11.6. The number of ether oxygens (including phenoxy) is 1. The summed E-state index contributed by atoms with van der Waals surface area (Å²) in [5, 5.41) is 9.81. The highest BCUT2D eigenvalue weighted by atomic mass is 35.5. The highest BCUT2D eigenvalue weighted by Crippen LogP contribution is 2.41. The summed E-state index contributed by atoms with van der Waals surface area (Å²) in [6.45, 7) is 2.23. The average Bonchev–Trinajstić information content (AvgIpc) is 2.91. The van der Waals surface area contributed by atoms with Crippen molar-refractivity contribution in [2.45, 2.75) is 30.2 Å². The molecule has 3 rings (SSSR count). The van der Waals surface area contributed by atoms with Crippen LogP contribution in [0.2, 0.25) is 10.0 Å². The summed E-state index contributed by atoms with van der Waals surface area (Å²) in [7, 11) is 0. The Bertz CT molecular complexity index is 716. The van der Waals surface area contributed by atoms with E-state index >= 15 is 0 Å². The van der Waals surface area contributed by atoms with Crippen LogP contribution in [0.1, 0.15) is 19.8 Å². The van der Waals surface area contributed by atoms with Crippen molar-refractivity contribution in [1.82, 2.24) is 10.2 Å². The van der Waals surface area contributed by atoms with E-state index in [1.54, 1.807) is 18.2 Å². The summed E-state index contributed by atoms with van der Waals surface area (Å²) >= 11 is 13.5. The Morgan fingerprint density at radius 2 is 2.17 bits per heavy atom. The van der Waals surface area contributed by atoms with Crippen LogP contribution in [0.5, 0.6) is 0 Å². The van der Waals surface area contributed by atoms with Crippen molar-refractivity contribution in [2.75, 3.05) is 6.61 Å². The first-order valence-corrected chi connectivity index (χ1v) is 8.82. The van der Waals surface area contributed by atoms with Gasteiger partial charge in [0.2, 0.25) is 5.89 Å². The summed E-state index contributed by atoms with van der Waals surface area (Å²) in [5.74, 6) is 0.222. The molecule has 0 N–H and O–H groups in total. The highest BCUT2D eigenvalue weighted by Gasteiger charge is 2.37. The molecule has 0 atom stereocenters. The van der Waals surface area contributed by atoms with Gasteiger partial charge in [-0.15, -0.1) is 10.2 Å². The number of esters is 1. The van der Waals surface area contributed by atoms with Crippen LogP contribution in [0.3, 0.4) is 0 Å². The number of rotatable bonds is 5. The highest BCUT2D eigenvalue weighted by molar-refractivity contribution is 7.99. The lowest BCUT2D eigenvalue weighted by atomic mass is 9.85. The first-order chi connectivity index (χ1) is 11.1. The van der Waals surface area contributed by atoms with Gasteiger partial charge >= 0.3 is 5.97 Å². The molecule has 0 bridgehead atoms. The van der Waals surface area contributed by atoms with Gasteiger partial charge in [-0.2, -0.15) is 0 Å². The molecular weight excluding hydrogens is 359 g/mol. The van der Waals surface area contributed by atoms with Crippen molar-refractivity contribution < 1.29 is 13.9 Å². The van der Waals surface area contributed by atoms with Gasteiger partial charge in [0.1, 0.15) is 0 Å². The molecule has 1 aromatic heterocycles. The largest absolute Gasteiger partial charge is 0.466 e. The third-order valence-corrected chi connectivity index (χ3v) is 5.18. The Morgan fingerprint density at radius 1 is 1.39 bits per heavy atom. The fourth-order valence-electron chi connectivity index (χ4n) is 2.29. The number of carbonyl (C=O) groups is 1. The lowest BCUT2D eigenvalue weighted by molar-refractivity contribution is -0.150. The molecule has 0 amide bonds. The zero-order valence-corrected chi connectivity index (χ0v) is 14.6. The summed E-state index contributed by atoms with van der Waals surface area (Å²) in [5.41, 5.74) is 0.647. The van der Waals surface area contributed by atoms with Crippen molar-refractivity contribution in [1.29, 1.82) is 0 Å². The molecule has 1 aromatic carbocycles. The van der Waals surface area contributed by atoms with Crippen LogP contribution in [0.25, 0.3) is 11.5 Å². The predicted octanol–water partition coefficient (Wildman–Crippen LogP) is 4.48. The van der Waals surface area contributed by atoms with Gasteiger partial charge in [-0.05, 0) is 38.0 Å². The number of carbonyl (C=O) groups excluding carboxylic acids is 1. The van der Waals surface area contributed by atoms with Crippen molar-refractivity contribution >= 4 is 40.9 Å². The second kappa shape index (κ2) is 7.11. The third kappa shape index (κ3) is 3.82. The fourth-order valence-corrected chi connectivity index (χ4v) is 3.93. The van der Waals surface area contributed by atoms with Gasteiger partial charge in [0.15, 0.2) is 0 Å². The lowest BCUT2D eigenvalue weighted by Crippen LogP contribution is -2.33. The maximum Gasteiger partial charge on any atom is 0.308 e. The molecule has 2 aromatic rings. The van der Waals surface area contributed by atoms with Gasteiger partial charge in [0.25, 0.3) is 5.22 Å². The van der Waals surface area contributed by atoms with E-state index in [-0.39, 0.29) is 11.9 Å². The van der Waals surface area contributed by atoms with Gasteiger partial charge in [-0.3, -0.25) is 4.79 Å². The van der Waals surface area contributed by atoms with Crippen molar-refractivity contribution in [3.63, 3.8) is 0 Å². The molecule has 23 heavy (non-hydrogen) atoms. The molecule has 1 fully saturated rings. The second-order valence-corrected chi connectivity index (χ2v) is 7.25. The number of aromatic nitrogens is 2. The zero-order valence-electron chi connectivity index (χ0n) is 12.3. The third-order valence-electron chi connectivity index (χ3n) is 3.55. The number of hydrogen-bond acceptors (Lipinski definition) is 6. The Hall–Kier alpha value is -1.24. The van der Waals surface area contributed by atoms with Gasteiger partial charge in [0, 0.05) is 10.3 Å². The minimum Gasteiger partial charge on any atom is -0.466 e. The minimum absolute atomic E-state index is 0.0134. The molecule has 0 radical (unpaired) electrons. The first kappa shape index (κ1) is 16.6. The van der Waals surface area contributed by atoms with Crippen LogP contribution < -0.4 is 0 Å². The molecule has 122 valence electrons. The number of nitrogens with zero attached hydrogens (tertiary/aromatic N) is 2. The second-order valence-electron chi connectivity index (χ2n) is 5.16. The summed E-state index contributed by atoms with van der Waals surface area (Å²) < 4.78 is 10.6. The summed E-state index contributed by atoms with van der Waals surface area (Å²) in [6.07, 6.45) is 1.53. The number of halogens is 2. The van der Waals surface area contributed by atoms with Crippen LogP contribution in [0.4, 0.5) is 0 Å². The number of hydrogen-bond donors (Lipinski definition) is 0. The first-order valence-electron chi connectivity index (χ1n) is 7.19. The molecular formula is C15H14Cl2N2O3S. The maximum atomic E-state index is 11.6. The van der Waals surface area contributed by atoms with Crippen LogP contribution in [0, 0.1) is 5.92 Å². The molecule has 5 nitrogen and oxygen atoms in total. The Morgan fingerprint density at radius 3 is 2.87 bits per heavy atom. The van der Waals surface area contributed by atoms with Gasteiger partial charge in [-0.1, -0.05) is 35.0 Å². The van der Waals surface area contributed by atoms with E-state index in [0.29, 0.717) is 38.6 Å². The zero-order chi connectivity index (χ0) is 16.4. The van der Waals surface area contributed by atoms with Crippen LogP contribution in [-0.4, -0.2) is 28.0 Å². The van der Waals surface area contributed by atoms with Crippen molar-refractivity contribution in [3.8, 4) is 11.5 Å². The fraction of sp³-hybridized carbons (Fsp3) is 0.400. The molecule has 1 heterocycles. The predicted molar refractivity (Wildman–Crippen MR) is 88.8 cm³/mol. The number of thioether (sulfide) groups is 1. The molecule has 1 saturated carbocycles. The molecule has 0 aliphatic heterocycles. The topological polar surface area (TPSA) is 65.2 Å². The van der Waals surface area contributed by atoms with Crippen LogP contribution in [-0.2, 0) is 9.53 Å². The minimum atomic E-state index is -0.122. The van der Waals surface area contributed by atoms with Crippen LogP contribution >= 0.6 is 35.0 Å². The Balaban J connectivity index is 1.60. The van der Waals surface area contributed by atoms with E-state index < -0.39 is 0 Å². The van der Waals surface area contributed by atoms with Crippen LogP contribution in [0.15, 0.2) is 27.8 Å². The molecule has 0 unspecified atom stereocenters. The van der Waals surface area contributed by atoms with E-state index in [4.69, 9.17) is 32.4 Å². The number of benzene rings is 1. The molecule has 0 saturated heterocycles. The van der Waals surface area contributed by atoms with Gasteiger partial charge in [-0.25, -0.2) is 0 Å². The maximum absolute atomic E-state index is 11.6. The smallest absolute Gasteiger partial charge is 0.308 e. The van der Waals surface area contributed by atoms with Crippen molar-refractivity contribution in [3.05, 3.63) is 28.2 Å². The monoisotopic (exact) mass is 372 g/mol. The molecule has 1 aliphatic rings.